The number of phenols is 1. The minimum absolute atomic E-state index is 0.114. The predicted molar refractivity (Wildman–Crippen MR) is 86.3 cm³/mol. The molecule has 1 heterocycles. The summed E-state index contributed by atoms with van der Waals surface area (Å²) in [5.41, 5.74) is 0. The molecule has 0 spiro atoms. The summed E-state index contributed by atoms with van der Waals surface area (Å²) in [5, 5.41) is 18.8. The summed E-state index contributed by atoms with van der Waals surface area (Å²) in [6.07, 6.45) is -1.20. The molecule has 0 radical (unpaired) electrons. The van der Waals surface area contributed by atoms with Gasteiger partial charge in [0.05, 0.1) is 42.1 Å². The van der Waals surface area contributed by atoms with Crippen LogP contribution in [0, 0.1) is 0 Å². The topological polar surface area (TPSA) is 132 Å². The Morgan fingerprint density at radius 3 is 2.44 bits per heavy atom. The summed E-state index contributed by atoms with van der Waals surface area (Å²) in [5.74, 6) is -0.364. The van der Waals surface area contributed by atoms with Crippen LogP contribution in [0.2, 0.25) is 0 Å². The van der Waals surface area contributed by atoms with Crippen molar-refractivity contribution in [2.45, 2.75) is 6.10 Å². The average molecular weight is 374 g/mol. The van der Waals surface area contributed by atoms with E-state index in [1.807, 2.05) is 0 Å². The third kappa shape index (κ3) is 6.86. The normalized spacial score (nSPS) is 17.3. The molecule has 0 saturated carbocycles. The standard InChI is InChI=1S/C15H22N2O7S/c18-12-1-3-14(4-2-12)24-10-15(20)17-7-5-16(6-8-17)9-13(19)11-25(21,22)23/h1-4,13,18-19H,5-11H2,(H,21,22,23)/t13-/m1/s1. The number of phenolic OH excluding ortho intramolecular Hbond substituents is 1. The molecular formula is C15H22N2O7S. The lowest BCUT2D eigenvalue weighted by Gasteiger charge is -2.33. The molecule has 1 amide bonds. The number of quaternary nitrogens is 1. The number of nitrogens with one attached hydrogen (secondary N) is 1. The number of ether oxygens (including phenoxy) is 1. The van der Waals surface area contributed by atoms with Crippen LogP contribution in [0.25, 0.3) is 0 Å². The molecule has 0 bridgehead atoms. The molecule has 140 valence electrons. The molecule has 3 N–H and O–H groups in total. The second kappa shape index (κ2) is 8.48. The highest BCUT2D eigenvalue weighted by molar-refractivity contribution is 7.85. The van der Waals surface area contributed by atoms with Crippen molar-refractivity contribution in [3.8, 4) is 11.5 Å². The summed E-state index contributed by atoms with van der Waals surface area (Å²) in [4.78, 5) is 14.7. The summed E-state index contributed by atoms with van der Waals surface area (Å²) in [7, 11) is -4.44. The van der Waals surface area contributed by atoms with Crippen LogP contribution < -0.4 is 9.64 Å². The number of hydrogen-bond donors (Lipinski definition) is 3. The minimum atomic E-state index is -4.44. The van der Waals surface area contributed by atoms with Gasteiger partial charge in [0.25, 0.3) is 5.91 Å². The van der Waals surface area contributed by atoms with Crippen LogP contribution in [0.5, 0.6) is 11.5 Å². The molecular weight excluding hydrogens is 352 g/mol. The lowest BCUT2D eigenvalue weighted by atomic mass is 10.2. The number of aliphatic hydroxyl groups is 1. The first-order valence-corrected chi connectivity index (χ1v) is 9.45. The van der Waals surface area contributed by atoms with E-state index in [0.717, 1.165) is 4.90 Å². The number of aliphatic hydroxyl groups excluding tert-OH is 1. The van der Waals surface area contributed by atoms with Gasteiger partial charge < -0.3 is 29.3 Å². The number of rotatable bonds is 7. The molecule has 1 aliphatic heterocycles. The quantitative estimate of drug-likeness (QED) is 0.446. The zero-order valence-electron chi connectivity index (χ0n) is 13.6. The van der Waals surface area contributed by atoms with Gasteiger partial charge in [0, 0.05) is 0 Å². The number of aromatic hydroxyl groups is 1. The number of piperazine rings is 1. The molecule has 1 aromatic carbocycles. The summed E-state index contributed by atoms with van der Waals surface area (Å²) < 4.78 is 37.3. The van der Waals surface area contributed by atoms with Crippen LogP contribution in [0.3, 0.4) is 0 Å². The first-order chi connectivity index (χ1) is 11.7. The molecule has 10 heteroatoms. The largest absolute Gasteiger partial charge is 0.748 e. The number of hydrogen-bond acceptors (Lipinski definition) is 7. The Morgan fingerprint density at radius 1 is 1.28 bits per heavy atom. The van der Waals surface area contributed by atoms with E-state index in [0.29, 0.717) is 31.9 Å². The Balaban J connectivity index is 1.72. The number of carbonyl (C=O) groups excluding carboxylic acids is 1. The van der Waals surface area contributed by atoms with Crippen molar-refractivity contribution in [1.29, 1.82) is 0 Å². The van der Waals surface area contributed by atoms with Crippen LogP contribution >= 0.6 is 0 Å². The van der Waals surface area contributed by atoms with Crippen molar-refractivity contribution in [2.75, 3.05) is 45.1 Å². The van der Waals surface area contributed by atoms with Crippen molar-refractivity contribution in [1.82, 2.24) is 4.90 Å². The average Bonchev–Trinajstić information content (AvgIpc) is 2.53. The molecule has 2 rings (SSSR count). The highest BCUT2D eigenvalue weighted by Crippen LogP contribution is 2.15. The number of benzene rings is 1. The van der Waals surface area contributed by atoms with Crippen LogP contribution in [-0.4, -0.2) is 85.2 Å². The third-order valence-corrected chi connectivity index (χ3v) is 4.74. The van der Waals surface area contributed by atoms with Gasteiger partial charge in [-0.05, 0) is 24.3 Å². The van der Waals surface area contributed by atoms with Crippen molar-refractivity contribution in [3.63, 3.8) is 0 Å². The predicted octanol–water partition coefficient (Wildman–Crippen LogP) is -2.60. The first-order valence-electron chi connectivity index (χ1n) is 7.88. The minimum Gasteiger partial charge on any atom is -0.748 e. The van der Waals surface area contributed by atoms with Crippen molar-refractivity contribution in [2.24, 2.45) is 0 Å². The fraction of sp³-hybridized carbons (Fsp3) is 0.533. The highest BCUT2D eigenvalue weighted by atomic mass is 32.2. The van der Waals surface area contributed by atoms with Crippen LogP contribution in [0.4, 0.5) is 0 Å². The Hall–Kier alpha value is -1.88. The second-order valence-corrected chi connectivity index (χ2v) is 7.44. The van der Waals surface area contributed by atoms with E-state index in [2.05, 4.69) is 0 Å². The fourth-order valence-corrected chi connectivity index (χ4v) is 3.27. The van der Waals surface area contributed by atoms with Crippen molar-refractivity contribution < 1.29 is 37.6 Å². The molecule has 1 fully saturated rings. The highest BCUT2D eigenvalue weighted by Gasteiger charge is 2.26. The second-order valence-electron chi connectivity index (χ2n) is 6.00. The van der Waals surface area contributed by atoms with E-state index in [-0.39, 0.29) is 24.8 Å². The van der Waals surface area contributed by atoms with Gasteiger partial charge in [-0.25, -0.2) is 8.42 Å². The van der Waals surface area contributed by atoms with E-state index in [1.54, 1.807) is 17.0 Å². The molecule has 0 aliphatic carbocycles. The maximum Gasteiger partial charge on any atom is 0.260 e. The zero-order chi connectivity index (χ0) is 18.4. The Bertz CT molecular complexity index is 670. The smallest absolute Gasteiger partial charge is 0.260 e. The maximum atomic E-state index is 12.1. The van der Waals surface area contributed by atoms with E-state index in [1.165, 1.54) is 12.1 Å². The summed E-state index contributed by atoms with van der Waals surface area (Å²) in [6.45, 7) is 2.08. The Kier molecular flexibility index (Phi) is 6.59. The number of amides is 1. The van der Waals surface area contributed by atoms with Gasteiger partial charge in [-0.2, -0.15) is 0 Å². The SMILES string of the molecule is O=C(COc1ccc(O)cc1)N1CC[NH+](C[C@@H](O)CS(=O)(=O)[O-])CC1. The van der Waals surface area contributed by atoms with Gasteiger partial charge in [0.2, 0.25) is 0 Å². The monoisotopic (exact) mass is 374 g/mol. The van der Waals surface area contributed by atoms with Crippen LogP contribution in [-0.2, 0) is 14.9 Å². The maximum absolute atomic E-state index is 12.1. The summed E-state index contributed by atoms with van der Waals surface area (Å²) in [6, 6.07) is 6.07. The van der Waals surface area contributed by atoms with Gasteiger partial charge in [-0.3, -0.25) is 4.79 Å². The van der Waals surface area contributed by atoms with E-state index in [4.69, 9.17) is 4.74 Å². The zero-order valence-corrected chi connectivity index (χ0v) is 14.4. The molecule has 0 unspecified atom stereocenters. The van der Waals surface area contributed by atoms with Gasteiger partial charge in [-0.15, -0.1) is 0 Å². The lowest BCUT2D eigenvalue weighted by molar-refractivity contribution is -0.906. The van der Waals surface area contributed by atoms with Crippen molar-refractivity contribution in [3.05, 3.63) is 24.3 Å². The summed E-state index contributed by atoms with van der Waals surface area (Å²) >= 11 is 0. The molecule has 0 aromatic heterocycles. The Labute approximate surface area is 146 Å². The van der Waals surface area contributed by atoms with E-state index in [9.17, 15) is 28.0 Å². The fourth-order valence-electron chi connectivity index (χ4n) is 2.68. The molecule has 1 saturated heterocycles. The van der Waals surface area contributed by atoms with E-state index < -0.39 is 22.0 Å². The first kappa shape index (κ1) is 19.4. The van der Waals surface area contributed by atoms with Crippen LogP contribution in [0.15, 0.2) is 24.3 Å². The van der Waals surface area contributed by atoms with Gasteiger partial charge in [0.15, 0.2) is 6.61 Å². The lowest BCUT2D eigenvalue weighted by Crippen LogP contribution is -3.16. The van der Waals surface area contributed by atoms with Gasteiger partial charge in [0.1, 0.15) is 24.1 Å². The Morgan fingerprint density at radius 2 is 1.88 bits per heavy atom. The van der Waals surface area contributed by atoms with Gasteiger partial charge >= 0.3 is 0 Å². The molecule has 1 atom stereocenters. The van der Waals surface area contributed by atoms with Gasteiger partial charge in [-0.1, -0.05) is 0 Å². The number of carbonyl (C=O) groups is 1. The molecule has 25 heavy (non-hydrogen) atoms. The number of nitrogens with zero attached hydrogens (tertiary/aromatic N) is 1. The van der Waals surface area contributed by atoms with E-state index >= 15 is 0 Å². The molecule has 9 nitrogen and oxygen atoms in total. The molecule has 1 aromatic rings. The van der Waals surface area contributed by atoms with Crippen molar-refractivity contribution >= 4 is 16.0 Å². The molecule has 1 aliphatic rings. The third-order valence-electron chi connectivity index (χ3n) is 3.94. The van der Waals surface area contributed by atoms with Crippen LogP contribution in [0.1, 0.15) is 0 Å².